The molecular weight excluding hydrogens is 282 g/mol. The Kier molecular flexibility index (Phi) is 5.03. The van der Waals surface area contributed by atoms with Crippen molar-refractivity contribution in [2.45, 2.75) is 32.3 Å². The van der Waals surface area contributed by atoms with Crippen molar-refractivity contribution in [3.63, 3.8) is 0 Å². The zero-order valence-electron chi connectivity index (χ0n) is 11.6. The van der Waals surface area contributed by atoms with Gasteiger partial charge in [0.05, 0.1) is 6.54 Å². The van der Waals surface area contributed by atoms with Crippen LogP contribution in [-0.4, -0.2) is 44.2 Å². The average Bonchev–Trinajstić information content (AvgIpc) is 2.35. The molecule has 1 amide bonds. The number of H-pyrrole nitrogens is 2. The number of carbonyl (C=O) groups excluding carboxylic acids is 1. The van der Waals surface area contributed by atoms with Gasteiger partial charge in [-0.2, -0.15) is 0 Å². The lowest BCUT2D eigenvalue weighted by molar-refractivity contribution is -0.156. The van der Waals surface area contributed by atoms with E-state index in [1.807, 2.05) is 0 Å². The highest BCUT2D eigenvalue weighted by Crippen LogP contribution is 2.03. The molecule has 0 aliphatic rings. The molecule has 0 aromatic carbocycles. The van der Waals surface area contributed by atoms with Crippen LogP contribution in [-0.2, 0) is 16.0 Å². The molecular formula is C12H17N3O6. The third kappa shape index (κ3) is 4.56. The number of aliphatic carboxylic acids is 1. The normalized spacial score (nSPS) is 13.5. The van der Waals surface area contributed by atoms with Crippen molar-refractivity contribution in [1.29, 1.82) is 0 Å². The maximum Gasteiger partial charge on any atom is 0.337 e. The number of aromatic amines is 2. The van der Waals surface area contributed by atoms with Gasteiger partial charge in [0.15, 0.2) is 5.60 Å². The van der Waals surface area contributed by atoms with Crippen molar-refractivity contribution in [3.05, 3.63) is 32.1 Å². The lowest BCUT2D eigenvalue weighted by Gasteiger charge is -2.18. The van der Waals surface area contributed by atoms with Crippen LogP contribution in [0.25, 0.3) is 0 Å². The summed E-state index contributed by atoms with van der Waals surface area (Å²) in [4.78, 5) is 49.3. The number of rotatable bonds is 6. The van der Waals surface area contributed by atoms with E-state index in [4.69, 9.17) is 5.11 Å². The lowest BCUT2D eigenvalue weighted by atomic mass is 10.1. The van der Waals surface area contributed by atoms with E-state index < -0.39 is 35.3 Å². The molecule has 5 N–H and O–H groups in total. The molecule has 1 aromatic heterocycles. The maximum atomic E-state index is 11.6. The van der Waals surface area contributed by atoms with Crippen LogP contribution < -0.4 is 16.6 Å². The fourth-order valence-electron chi connectivity index (χ4n) is 1.60. The summed E-state index contributed by atoms with van der Waals surface area (Å²) in [6.45, 7) is 2.16. The molecule has 0 aliphatic heterocycles. The fraction of sp³-hybridized carbons (Fsp3) is 0.500. The molecule has 0 spiro atoms. The van der Waals surface area contributed by atoms with Crippen molar-refractivity contribution in [2.75, 3.05) is 6.54 Å². The molecule has 9 heteroatoms. The fourth-order valence-corrected chi connectivity index (χ4v) is 1.60. The Balaban J connectivity index is 2.61. The SMILES string of the molecule is Cc1[nH]c(=O)[nH]c(=O)c1CCC(=O)NCC(C)(O)C(=O)O. The third-order valence-electron chi connectivity index (χ3n) is 2.95. The molecule has 1 atom stereocenters. The van der Waals surface area contributed by atoms with Gasteiger partial charge in [0.25, 0.3) is 5.56 Å². The molecule has 0 radical (unpaired) electrons. The van der Waals surface area contributed by atoms with E-state index in [0.717, 1.165) is 6.92 Å². The molecule has 1 rings (SSSR count). The summed E-state index contributed by atoms with van der Waals surface area (Å²) in [6, 6.07) is 0. The highest BCUT2D eigenvalue weighted by Gasteiger charge is 2.30. The Morgan fingerprint density at radius 1 is 1.29 bits per heavy atom. The Morgan fingerprint density at radius 2 is 1.90 bits per heavy atom. The van der Waals surface area contributed by atoms with Crippen LogP contribution in [0.3, 0.4) is 0 Å². The topological polar surface area (TPSA) is 152 Å². The van der Waals surface area contributed by atoms with E-state index >= 15 is 0 Å². The zero-order valence-corrected chi connectivity index (χ0v) is 11.6. The number of carbonyl (C=O) groups is 2. The van der Waals surface area contributed by atoms with Crippen LogP contribution in [0.4, 0.5) is 0 Å². The maximum absolute atomic E-state index is 11.6. The number of nitrogens with one attached hydrogen (secondary N) is 3. The summed E-state index contributed by atoms with van der Waals surface area (Å²) in [5.41, 5.74) is -2.60. The molecule has 0 bridgehead atoms. The highest BCUT2D eigenvalue weighted by atomic mass is 16.4. The minimum atomic E-state index is -2.05. The molecule has 21 heavy (non-hydrogen) atoms. The van der Waals surface area contributed by atoms with Crippen LogP contribution >= 0.6 is 0 Å². The van der Waals surface area contributed by atoms with E-state index in [9.17, 15) is 24.3 Å². The number of aromatic nitrogens is 2. The number of hydrogen-bond donors (Lipinski definition) is 5. The van der Waals surface area contributed by atoms with Gasteiger partial charge < -0.3 is 20.5 Å². The van der Waals surface area contributed by atoms with Gasteiger partial charge in [-0.05, 0) is 20.3 Å². The Labute approximate surface area is 119 Å². The molecule has 0 saturated heterocycles. The van der Waals surface area contributed by atoms with Crippen molar-refractivity contribution in [2.24, 2.45) is 0 Å². The number of aryl methyl sites for hydroxylation is 1. The van der Waals surface area contributed by atoms with Crippen LogP contribution in [0.15, 0.2) is 9.59 Å². The van der Waals surface area contributed by atoms with Crippen molar-refractivity contribution < 1.29 is 19.8 Å². The smallest absolute Gasteiger partial charge is 0.337 e. The van der Waals surface area contributed by atoms with Gasteiger partial charge in [0.2, 0.25) is 5.91 Å². The van der Waals surface area contributed by atoms with Gasteiger partial charge in [0, 0.05) is 17.7 Å². The predicted octanol–water partition coefficient (Wildman–Crippen LogP) is -1.74. The second-order valence-electron chi connectivity index (χ2n) is 4.87. The monoisotopic (exact) mass is 299 g/mol. The molecule has 0 fully saturated rings. The second-order valence-corrected chi connectivity index (χ2v) is 4.87. The number of hydrogen-bond acceptors (Lipinski definition) is 5. The Bertz CT molecular complexity index is 658. The van der Waals surface area contributed by atoms with E-state index in [-0.39, 0.29) is 18.4 Å². The van der Waals surface area contributed by atoms with Crippen molar-refractivity contribution in [3.8, 4) is 0 Å². The first-order valence-electron chi connectivity index (χ1n) is 6.18. The van der Waals surface area contributed by atoms with Crippen LogP contribution in [0.1, 0.15) is 24.6 Å². The number of amides is 1. The number of carboxylic acids is 1. The first kappa shape index (κ1) is 16.6. The molecule has 116 valence electrons. The lowest BCUT2D eigenvalue weighted by Crippen LogP contribution is -2.46. The van der Waals surface area contributed by atoms with E-state index in [2.05, 4.69) is 15.3 Å². The summed E-state index contributed by atoms with van der Waals surface area (Å²) in [5.74, 6) is -1.96. The van der Waals surface area contributed by atoms with Crippen molar-refractivity contribution >= 4 is 11.9 Å². The van der Waals surface area contributed by atoms with E-state index in [1.54, 1.807) is 6.92 Å². The summed E-state index contributed by atoms with van der Waals surface area (Å²) in [6.07, 6.45) is 0.00462. The third-order valence-corrected chi connectivity index (χ3v) is 2.95. The van der Waals surface area contributed by atoms with Crippen LogP contribution in [0.2, 0.25) is 0 Å². The molecule has 1 unspecified atom stereocenters. The highest BCUT2D eigenvalue weighted by molar-refractivity contribution is 5.80. The van der Waals surface area contributed by atoms with Crippen LogP contribution in [0, 0.1) is 6.92 Å². The molecule has 0 saturated carbocycles. The van der Waals surface area contributed by atoms with Gasteiger partial charge in [-0.25, -0.2) is 9.59 Å². The van der Waals surface area contributed by atoms with Gasteiger partial charge in [-0.3, -0.25) is 14.6 Å². The summed E-state index contributed by atoms with van der Waals surface area (Å²) in [7, 11) is 0. The van der Waals surface area contributed by atoms with Crippen LogP contribution in [0.5, 0.6) is 0 Å². The standard InChI is InChI=1S/C12H17N3O6/c1-6-7(9(17)15-11(20)14-6)3-4-8(16)13-5-12(2,21)10(18)19/h21H,3-5H2,1-2H3,(H,13,16)(H,18,19)(H2,14,15,17,20). The predicted molar refractivity (Wildman–Crippen MR) is 72.0 cm³/mol. The zero-order chi connectivity index (χ0) is 16.2. The minimum absolute atomic E-state index is 0.0777. The first-order chi connectivity index (χ1) is 9.63. The Morgan fingerprint density at radius 3 is 2.43 bits per heavy atom. The number of aliphatic hydroxyl groups is 1. The van der Waals surface area contributed by atoms with Gasteiger partial charge >= 0.3 is 11.7 Å². The summed E-state index contributed by atoms with van der Waals surface area (Å²) in [5, 5.41) is 20.4. The quantitative estimate of drug-likeness (QED) is 0.420. The second kappa shape index (κ2) is 6.35. The average molecular weight is 299 g/mol. The van der Waals surface area contributed by atoms with E-state index in [0.29, 0.717) is 5.69 Å². The summed E-state index contributed by atoms with van der Waals surface area (Å²) >= 11 is 0. The van der Waals surface area contributed by atoms with Gasteiger partial charge in [0.1, 0.15) is 0 Å². The molecule has 1 aromatic rings. The first-order valence-corrected chi connectivity index (χ1v) is 6.18. The summed E-state index contributed by atoms with van der Waals surface area (Å²) < 4.78 is 0. The largest absolute Gasteiger partial charge is 0.479 e. The molecule has 1 heterocycles. The van der Waals surface area contributed by atoms with Gasteiger partial charge in [-0.1, -0.05) is 0 Å². The van der Waals surface area contributed by atoms with Crippen molar-refractivity contribution in [1.82, 2.24) is 15.3 Å². The Hall–Kier alpha value is -2.42. The number of carboxylic acid groups (broad SMARTS) is 1. The van der Waals surface area contributed by atoms with Gasteiger partial charge in [-0.15, -0.1) is 0 Å². The molecule has 9 nitrogen and oxygen atoms in total. The van der Waals surface area contributed by atoms with E-state index in [1.165, 1.54) is 0 Å². The minimum Gasteiger partial charge on any atom is -0.479 e. The molecule has 0 aliphatic carbocycles.